The Morgan fingerprint density at radius 1 is 0.773 bits per heavy atom. The number of benzene rings is 1. The molecule has 22 heavy (non-hydrogen) atoms. The second-order valence-electron chi connectivity index (χ2n) is 4.68. The molecule has 0 heterocycles. The van der Waals surface area contributed by atoms with Crippen molar-refractivity contribution in [3.8, 4) is 0 Å². The molecule has 0 spiro atoms. The van der Waals surface area contributed by atoms with Crippen molar-refractivity contribution in [1.82, 2.24) is 0 Å². The zero-order chi connectivity index (χ0) is 16.1. The zero-order valence-electron chi connectivity index (χ0n) is 13.1. The van der Waals surface area contributed by atoms with Crippen molar-refractivity contribution < 1.29 is 0 Å². The maximum Gasteiger partial charge on any atom is 0.0832 e. The van der Waals surface area contributed by atoms with Gasteiger partial charge in [0.25, 0.3) is 0 Å². The average molecular weight is 411 g/mol. The van der Waals surface area contributed by atoms with Crippen molar-refractivity contribution in [3.05, 3.63) is 35.9 Å². The lowest BCUT2D eigenvalue weighted by molar-refractivity contribution is 1.01. The van der Waals surface area contributed by atoms with Crippen LogP contribution in [0.15, 0.2) is 30.3 Å². The summed E-state index contributed by atoms with van der Waals surface area (Å²) >= 11 is 16.7. The molecule has 0 radical (unpaired) electrons. The molecule has 0 atom stereocenters. The fourth-order valence-corrected chi connectivity index (χ4v) is 7.14. The van der Waals surface area contributed by atoms with Crippen LogP contribution in [0.3, 0.4) is 0 Å². The van der Waals surface area contributed by atoms with Gasteiger partial charge in [-0.2, -0.15) is 48.8 Å². The van der Waals surface area contributed by atoms with Crippen molar-refractivity contribution in [2.75, 3.05) is 46.0 Å². The van der Waals surface area contributed by atoms with Gasteiger partial charge in [0.15, 0.2) is 0 Å². The lowest BCUT2D eigenvalue weighted by Gasteiger charge is -2.29. The molecule has 0 aliphatic heterocycles. The van der Waals surface area contributed by atoms with Gasteiger partial charge in [0, 0.05) is 34.5 Å². The minimum atomic E-state index is 0.157. The summed E-state index contributed by atoms with van der Waals surface area (Å²) in [4.78, 5) is 0. The molecule has 6 heteroatoms. The quantitative estimate of drug-likeness (QED) is 0.245. The Hall–Kier alpha value is 1.32. The van der Waals surface area contributed by atoms with E-state index >= 15 is 0 Å². The molecule has 0 aliphatic carbocycles. The van der Waals surface area contributed by atoms with Crippen LogP contribution in [0, 0.1) is 0 Å². The molecule has 0 nitrogen and oxygen atoms in total. The van der Waals surface area contributed by atoms with E-state index in [4.69, 9.17) is 0 Å². The SMILES string of the molecule is CC(SCCSCCS)(SCCSCCS)c1ccccc1. The van der Waals surface area contributed by atoms with Crippen LogP contribution in [0.1, 0.15) is 12.5 Å². The minimum absolute atomic E-state index is 0.157. The number of rotatable bonds is 13. The van der Waals surface area contributed by atoms with E-state index in [1.54, 1.807) is 0 Å². The molecular formula is C16H26S6. The average Bonchev–Trinajstić information content (AvgIpc) is 2.55. The predicted molar refractivity (Wildman–Crippen MR) is 121 cm³/mol. The first-order valence-corrected chi connectivity index (χ1v) is 13.0. The van der Waals surface area contributed by atoms with Gasteiger partial charge in [-0.25, -0.2) is 0 Å². The van der Waals surface area contributed by atoms with E-state index in [-0.39, 0.29) is 4.08 Å². The van der Waals surface area contributed by atoms with E-state index in [1.807, 2.05) is 23.5 Å². The van der Waals surface area contributed by atoms with Crippen molar-refractivity contribution in [1.29, 1.82) is 0 Å². The molecule has 1 rings (SSSR count). The molecule has 0 saturated heterocycles. The van der Waals surface area contributed by atoms with Gasteiger partial charge in [0.1, 0.15) is 0 Å². The molecule has 0 unspecified atom stereocenters. The summed E-state index contributed by atoms with van der Waals surface area (Å²) in [6.45, 7) is 2.38. The molecule has 0 bridgehead atoms. The van der Waals surface area contributed by atoms with Gasteiger partial charge in [-0.3, -0.25) is 0 Å². The lowest BCUT2D eigenvalue weighted by atomic mass is 10.2. The highest BCUT2D eigenvalue weighted by atomic mass is 32.2. The molecule has 0 saturated carbocycles. The van der Waals surface area contributed by atoms with Crippen LogP contribution < -0.4 is 0 Å². The Kier molecular flexibility index (Phi) is 13.2. The summed E-state index contributed by atoms with van der Waals surface area (Å²) < 4.78 is 0.157. The number of thioether (sulfide) groups is 4. The third-order valence-corrected chi connectivity index (χ3v) is 9.62. The lowest BCUT2D eigenvalue weighted by Crippen LogP contribution is -2.15. The molecule has 1 aromatic rings. The predicted octanol–water partition coefficient (Wildman–Crippen LogP) is 5.65. The molecule has 126 valence electrons. The molecule has 1 aromatic carbocycles. The van der Waals surface area contributed by atoms with Crippen LogP contribution in [0.2, 0.25) is 0 Å². The first-order valence-electron chi connectivity index (χ1n) is 7.43. The molecule has 0 amide bonds. The summed E-state index contributed by atoms with van der Waals surface area (Å²) in [6, 6.07) is 10.9. The van der Waals surface area contributed by atoms with Gasteiger partial charge < -0.3 is 0 Å². The summed E-state index contributed by atoms with van der Waals surface area (Å²) in [7, 11) is 0. The normalized spacial score (nSPS) is 11.8. The first kappa shape index (κ1) is 21.4. The smallest absolute Gasteiger partial charge is 0.0832 e. The first-order chi connectivity index (χ1) is 10.7. The highest BCUT2D eigenvalue weighted by Crippen LogP contribution is 2.46. The third-order valence-electron chi connectivity index (χ3n) is 2.98. The topological polar surface area (TPSA) is 0 Å². The van der Waals surface area contributed by atoms with E-state index in [9.17, 15) is 0 Å². The fourth-order valence-electron chi connectivity index (χ4n) is 1.87. The van der Waals surface area contributed by atoms with Gasteiger partial charge in [-0.05, 0) is 24.0 Å². The molecule has 0 fully saturated rings. The van der Waals surface area contributed by atoms with Gasteiger partial charge >= 0.3 is 0 Å². The van der Waals surface area contributed by atoms with Crippen LogP contribution in [0.25, 0.3) is 0 Å². The Balaban J connectivity index is 2.49. The molecule has 0 aliphatic rings. The van der Waals surface area contributed by atoms with Crippen molar-refractivity contribution in [3.63, 3.8) is 0 Å². The Morgan fingerprint density at radius 2 is 1.27 bits per heavy atom. The van der Waals surface area contributed by atoms with Gasteiger partial charge in [0.2, 0.25) is 0 Å². The van der Waals surface area contributed by atoms with Gasteiger partial charge in [-0.1, -0.05) is 30.3 Å². The standard InChI is InChI=1S/C16H26S6/c1-16(15-5-3-2-4-6-15,21-13-11-19-9-7-17)22-14-12-20-10-8-18/h2-6,17-18H,7-14H2,1H3. The van der Waals surface area contributed by atoms with Crippen molar-refractivity contribution in [2.24, 2.45) is 0 Å². The van der Waals surface area contributed by atoms with Crippen LogP contribution in [0.4, 0.5) is 0 Å². The zero-order valence-corrected chi connectivity index (χ0v) is 18.1. The Labute approximate surface area is 164 Å². The van der Waals surface area contributed by atoms with E-state index < -0.39 is 0 Å². The van der Waals surface area contributed by atoms with Crippen molar-refractivity contribution >= 4 is 72.3 Å². The van der Waals surface area contributed by atoms with E-state index in [0.717, 1.165) is 23.0 Å². The molecule has 0 N–H and O–H groups in total. The van der Waals surface area contributed by atoms with Crippen LogP contribution >= 0.6 is 72.3 Å². The van der Waals surface area contributed by atoms with Gasteiger partial charge in [-0.15, -0.1) is 23.5 Å². The summed E-state index contributed by atoms with van der Waals surface area (Å²) in [5, 5.41) is 0. The van der Waals surface area contributed by atoms with Gasteiger partial charge in [0.05, 0.1) is 4.08 Å². The maximum atomic E-state index is 4.27. The van der Waals surface area contributed by atoms with E-state index in [0.29, 0.717) is 0 Å². The summed E-state index contributed by atoms with van der Waals surface area (Å²) in [6.07, 6.45) is 0. The van der Waals surface area contributed by atoms with E-state index in [1.165, 1.54) is 28.6 Å². The van der Waals surface area contributed by atoms with Crippen LogP contribution in [-0.2, 0) is 4.08 Å². The third kappa shape index (κ3) is 8.97. The fraction of sp³-hybridized carbons (Fsp3) is 0.625. The Bertz CT molecular complexity index is 356. The Morgan fingerprint density at radius 3 is 1.73 bits per heavy atom. The van der Waals surface area contributed by atoms with Crippen LogP contribution in [0.5, 0.6) is 0 Å². The molecular weight excluding hydrogens is 385 g/mol. The monoisotopic (exact) mass is 410 g/mol. The second-order valence-corrected chi connectivity index (χ2v) is 11.3. The summed E-state index contributed by atoms with van der Waals surface area (Å²) in [5.41, 5.74) is 1.43. The minimum Gasteiger partial charge on any atom is -0.179 e. The highest BCUT2D eigenvalue weighted by molar-refractivity contribution is 8.18. The molecule has 0 aromatic heterocycles. The number of thiol groups is 2. The number of hydrogen-bond donors (Lipinski definition) is 2. The highest BCUT2D eigenvalue weighted by Gasteiger charge is 2.27. The maximum absolute atomic E-state index is 4.27. The van der Waals surface area contributed by atoms with Crippen LogP contribution in [-0.4, -0.2) is 46.0 Å². The second kappa shape index (κ2) is 13.6. The summed E-state index contributed by atoms with van der Waals surface area (Å²) in [5.74, 6) is 9.07. The number of hydrogen-bond acceptors (Lipinski definition) is 6. The van der Waals surface area contributed by atoms with Crippen molar-refractivity contribution in [2.45, 2.75) is 11.0 Å². The van der Waals surface area contributed by atoms with E-state index in [2.05, 4.69) is 86.0 Å². The largest absolute Gasteiger partial charge is 0.179 e.